The number of cyclic esters (lactones) is 1. The Morgan fingerprint density at radius 2 is 2.04 bits per heavy atom. The number of hydrogen-bond donors (Lipinski definition) is 2. The third kappa shape index (κ3) is 4.62. The summed E-state index contributed by atoms with van der Waals surface area (Å²) >= 11 is 4.45. The van der Waals surface area contributed by atoms with E-state index in [1.165, 1.54) is 4.90 Å². The molecule has 0 aliphatic carbocycles. The molecule has 2 aliphatic heterocycles. The summed E-state index contributed by atoms with van der Waals surface area (Å²) in [6.07, 6.45) is -4.43. The van der Waals surface area contributed by atoms with Crippen molar-refractivity contribution in [2.24, 2.45) is 0 Å². The number of alkyl halides is 2. The highest BCUT2D eigenvalue weighted by atomic mass is 32.1. The molecular weight excluding hydrogens is 404 g/mol. The van der Waals surface area contributed by atoms with Crippen molar-refractivity contribution in [1.82, 2.24) is 10.8 Å². The SMILES string of the molecule is O=C1O[C@@H](CNC(=S)C(F)F)CN1c1cc(F)c(N2CCNOCC2)c(F)c1. The number of nitrogens with zero attached hydrogens (tertiary/aromatic N) is 2. The monoisotopic (exact) mass is 422 g/mol. The molecule has 2 saturated heterocycles. The van der Waals surface area contributed by atoms with E-state index in [9.17, 15) is 22.4 Å². The van der Waals surface area contributed by atoms with Crippen LogP contribution in [0.25, 0.3) is 0 Å². The van der Waals surface area contributed by atoms with Gasteiger partial charge in [-0.25, -0.2) is 27.8 Å². The summed E-state index contributed by atoms with van der Waals surface area (Å²) in [5.74, 6) is -1.66. The minimum Gasteiger partial charge on any atom is -0.442 e. The molecule has 0 spiro atoms. The van der Waals surface area contributed by atoms with Gasteiger partial charge in [0.25, 0.3) is 6.43 Å². The fourth-order valence-electron chi connectivity index (χ4n) is 2.96. The van der Waals surface area contributed by atoms with Gasteiger partial charge in [-0.1, -0.05) is 12.2 Å². The molecule has 1 aromatic carbocycles. The van der Waals surface area contributed by atoms with E-state index >= 15 is 0 Å². The lowest BCUT2D eigenvalue weighted by Crippen LogP contribution is -2.36. The number of halogens is 4. The first-order valence-electron chi connectivity index (χ1n) is 8.49. The molecule has 0 bridgehead atoms. The zero-order chi connectivity index (χ0) is 20.3. The van der Waals surface area contributed by atoms with Gasteiger partial charge in [-0.3, -0.25) is 9.74 Å². The Hall–Kier alpha value is -2.18. The molecule has 2 N–H and O–H groups in total. The fourth-order valence-corrected chi connectivity index (χ4v) is 3.04. The predicted molar refractivity (Wildman–Crippen MR) is 96.7 cm³/mol. The molecular formula is C16H18F4N4O3S. The second-order valence-electron chi connectivity index (χ2n) is 6.15. The predicted octanol–water partition coefficient (Wildman–Crippen LogP) is 1.81. The van der Waals surface area contributed by atoms with Crippen LogP contribution < -0.4 is 20.6 Å². The molecule has 2 heterocycles. The molecule has 2 fully saturated rings. The van der Waals surface area contributed by atoms with Crippen LogP contribution in [0.1, 0.15) is 0 Å². The minimum absolute atomic E-state index is 0.0214. The van der Waals surface area contributed by atoms with Gasteiger partial charge in [0.15, 0.2) is 11.6 Å². The summed E-state index contributed by atoms with van der Waals surface area (Å²) in [5, 5.41) is 2.30. The zero-order valence-corrected chi connectivity index (χ0v) is 15.4. The van der Waals surface area contributed by atoms with Crippen LogP contribution in [0.4, 0.5) is 33.7 Å². The summed E-state index contributed by atoms with van der Waals surface area (Å²) in [7, 11) is 0. The highest BCUT2D eigenvalue weighted by molar-refractivity contribution is 7.80. The summed E-state index contributed by atoms with van der Waals surface area (Å²) in [6.45, 7) is 1.11. The molecule has 0 saturated carbocycles. The molecule has 0 unspecified atom stereocenters. The lowest BCUT2D eigenvalue weighted by molar-refractivity contribution is 0.0589. The maximum absolute atomic E-state index is 14.6. The van der Waals surface area contributed by atoms with Crippen molar-refractivity contribution in [3.63, 3.8) is 0 Å². The van der Waals surface area contributed by atoms with Crippen molar-refractivity contribution in [2.45, 2.75) is 12.5 Å². The van der Waals surface area contributed by atoms with Crippen LogP contribution in [0.15, 0.2) is 12.1 Å². The number of carbonyl (C=O) groups excluding carboxylic acids is 1. The Bertz CT molecular complexity index is 724. The molecule has 12 heteroatoms. The molecule has 0 radical (unpaired) electrons. The highest BCUT2D eigenvalue weighted by Crippen LogP contribution is 2.31. The first kappa shape index (κ1) is 20.6. The molecule has 154 valence electrons. The van der Waals surface area contributed by atoms with E-state index in [1.54, 1.807) is 0 Å². The van der Waals surface area contributed by atoms with Crippen LogP contribution in [0, 0.1) is 11.6 Å². The van der Waals surface area contributed by atoms with Crippen LogP contribution in [0.5, 0.6) is 0 Å². The number of thiocarbonyl (C=S) groups is 1. The van der Waals surface area contributed by atoms with Crippen molar-refractivity contribution >= 4 is 34.7 Å². The Morgan fingerprint density at radius 1 is 1.32 bits per heavy atom. The van der Waals surface area contributed by atoms with E-state index in [0.717, 1.165) is 17.0 Å². The molecule has 2 aliphatic rings. The average molecular weight is 422 g/mol. The Balaban J connectivity index is 1.71. The third-order valence-corrected chi connectivity index (χ3v) is 4.58. The maximum Gasteiger partial charge on any atom is 0.414 e. The Morgan fingerprint density at radius 3 is 2.71 bits per heavy atom. The van der Waals surface area contributed by atoms with E-state index in [1.807, 2.05) is 0 Å². The van der Waals surface area contributed by atoms with Crippen LogP contribution >= 0.6 is 12.2 Å². The minimum atomic E-state index is -2.82. The Labute approximate surface area is 163 Å². The molecule has 7 nitrogen and oxygen atoms in total. The van der Waals surface area contributed by atoms with E-state index in [-0.39, 0.29) is 31.1 Å². The van der Waals surface area contributed by atoms with E-state index in [4.69, 9.17) is 9.57 Å². The zero-order valence-electron chi connectivity index (χ0n) is 14.6. The van der Waals surface area contributed by atoms with Gasteiger partial charge in [0.1, 0.15) is 16.8 Å². The number of hydrogen-bond acceptors (Lipinski definition) is 6. The first-order chi connectivity index (χ1) is 13.4. The van der Waals surface area contributed by atoms with Gasteiger partial charge in [-0.15, -0.1) is 0 Å². The molecule has 0 aromatic heterocycles. The van der Waals surface area contributed by atoms with Crippen LogP contribution in [0.2, 0.25) is 0 Å². The van der Waals surface area contributed by atoms with Gasteiger partial charge in [-0.2, -0.15) is 0 Å². The quantitative estimate of drug-likeness (QED) is 0.554. The number of rotatable bonds is 5. The van der Waals surface area contributed by atoms with Crippen molar-refractivity contribution in [3.8, 4) is 0 Å². The van der Waals surface area contributed by atoms with Gasteiger partial charge in [0.2, 0.25) is 0 Å². The van der Waals surface area contributed by atoms with E-state index in [0.29, 0.717) is 19.6 Å². The number of ether oxygens (including phenoxy) is 1. The topological polar surface area (TPSA) is 66.1 Å². The molecule has 1 amide bonds. The second kappa shape index (κ2) is 8.88. The number of amides is 1. The summed E-state index contributed by atoms with van der Waals surface area (Å²) in [6, 6.07) is 2.08. The van der Waals surface area contributed by atoms with Crippen molar-refractivity contribution in [1.29, 1.82) is 0 Å². The maximum atomic E-state index is 14.6. The number of anilines is 2. The molecule has 3 rings (SSSR count). The fraction of sp³-hybridized carbons (Fsp3) is 0.500. The average Bonchev–Trinajstić information content (AvgIpc) is 2.83. The van der Waals surface area contributed by atoms with Gasteiger partial charge in [0, 0.05) is 31.8 Å². The lowest BCUT2D eigenvalue weighted by Gasteiger charge is -2.24. The van der Waals surface area contributed by atoms with Crippen LogP contribution in [0.3, 0.4) is 0 Å². The number of benzene rings is 1. The van der Waals surface area contributed by atoms with Crippen molar-refractivity contribution < 1.29 is 31.9 Å². The normalized spacial score (nSPS) is 20.3. The highest BCUT2D eigenvalue weighted by Gasteiger charge is 2.34. The van der Waals surface area contributed by atoms with Crippen molar-refractivity contribution in [2.75, 3.05) is 49.1 Å². The van der Waals surface area contributed by atoms with Gasteiger partial charge in [-0.05, 0) is 0 Å². The van der Waals surface area contributed by atoms with Gasteiger partial charge >= 0.3 is 6.09 Å². The first-order valence-corrected chi connectivity index (χ1v) is 8.90. The number of carbonyl (C=O) groups is 1. The largest absolute Gasteiger partial charge is 0.442 e. The van der Waals surface area contributed by atoms with Crippen molar-refractivity contribution in [3.05, 3.63) is 23.8 Å². The number of hydroxylamine groups is 1. The van der Waals surface area contributed by atoms with Crippen LogP contribution in [-0.2, 0) is 9.57 Å². The van der Waals surface area contributed by atoms with Gasteiger partial charge < -0.3 is 15.0 Å². The lowest BCUT2D eigenvalue weighted by atomic mass is 10.2. The van der Waals surface area contributed by atoms with Gasteiger partial charge in [0.05, 0.1) is 25.4 Å². The summed E-state index contributed by atoms with van der Waals surface area (Å²) < 4.78 is 59.1. The summed E-state index contributed by atoms with van der Waals surface area (Å²) in [4.78, 5) is 19.0. The smallest absolute Gasteiger partial charge is 0.414 e. The Kier molecular flexibility index (Phi) is 6.52. The van der Waals surface area contributed by atoms with Crippen LogP contribution in [-0.4, -0.2) is 62.9 Å². The van der Waals surface area contributed by atoms with E-state index in [2.05, 4.69) is 23.0 Å². The standard InChI is InChI=1S/C16H18F4N4O3S/c17-11-5-9(6-12(18)13(11)23-2-1-22-26-4-3-23)24-8-10(27-16(24)25)7-21-15(28)14(19)20/h5-6,10,14,22H,1-4,7-8H2,(H,21,28)/t10-/m0/s1. The van der Waals surface area contributed by atoms with E-state index < -0.39 is 35.2 Å². The molecule has 1 aromatic rings. The summed E-state index contributed by atoms with van der Waals surface area (Å²) in [5.41, 5.74) is 2.44. The third-order valence-electron chi connectivity index (χ3n) is 4.25. The molecule has 28 heavy (non-hydrogen) atoms. The number of nitrogens with one attached hydrogen (secondary N) is 2. The molecule has 1 atom stereocenters. The second-order valence-corrected chi connectivity index (χ2v) is 6.59.